The summed E-state index contributed by atoms with van der Waals surface area (Å²) in [6.07, 6.45) is 2.06. The average Bonchev–Trinajstić information content (AvgIpc) is 3.18. The molecule has 6 rings (SSSR count). The first-order valence-electron chi connectivity index (χ1n) is 11.0. The number of hydrogen-bond donors (Lipinski definition) is 0. The van der Waals surface area contributed by atoms with Crippen molar-refractivity contribution in [2.75, 3.05) is 42.6 Å². The number of piperazine rings is 1. The maximum atomic E-state index is 13.2. The van der Waals surface area contributed by atoms with E-state index < -0.39 is 22.5 Å². The summed E-state index contributed by atoms with van der Waals surface area (Å²) in [5, 5.41) is 0. The topological polar surface area (TPSA) is 66.6 Å². The number of halogens is 3. The summed E-state index contributed by atoms with van der Waals surface area (Å²) in [6, 6.07) is 4.80. The molecule has 1 saturated carbocycles. The van der Waals surface area contributed by atoms with Crippen LogP contribution in [-0.2, 0) is 17.0 Å². The van der Waals surface area contributed by atoms with Crippen LogP contribution in [0.1, 0.15) is 18.4 Å². The van der Waals surface area contributed by atoms with Crippen molar-refractivity contribution in [1.82, 2.24) is 24.3 Å². The van der Waals surface area contributed by atoms with Gasteiger partial charge in [0.1, 0.15) is 17.2 Å². The van der Waals surface area contributed by atoms with Crippen LogP contribution < -0.4 is 4.90 Å². The minimum absolute atomic E-state index is 0.348. The molecular weight excluding hydrogens is 453 g/mol. The molecule has 3 aromatic heterocycles. The monoisotopic (exact) mass is 476 g/mol. The Morgan fingerprint density at radius 2 is 1.79 bits per heavy atom. The molecule has 0 radical (unpaired) electrons. The molecule has 33 heavy (non-hydrogen) atoms. The molecule has 0 atom stereocenters. The summed E-state index contributed by atoms with van der Waals surface area (Å²) in [4.78, 5) is 17.9. The van der Waals surface area contributed by atoms with E-state index in [2.05, 4.69) is 24.8 Å². The first-order chi connectivity index (χ1) is 15.8. The third-order valence-corrected chi connectivity index (χ3v) is 9.00. The van der Waals surface area contributed by atoms with Crippen molar-refractivity contribution < 1.29 is 17.4 Å². The van der Waals surface area contributed by atoms with Gasteiger partial charge in [-0.25, -0.2) is 15.0 Å². The lowest BCUT2D eigenvalue weighted by Gasteiger charge is -2.57. The molecule has 0 unspecified atom stereocenters. The molecule has 3 aromatic rings. The summed E-state index contributed by atoms with van der Waals surface area (Å²) in [6.45, 7) is 3.54. The average molecular weight is 477 g/mol. The van der Waals surface area contributed by atoms with Gasteiger partial charge in [-0.1, -0.05) is 0 Å². The molecule has 0 N–H and O–H groups in total. The van der Waals surface area contributed by atoms with Crippen molar-refractivity contribution in [2.45, 2.75) is 25.1 Å². The van der Waals surface area contributed by atoms with Crippen molar-refractivity contribution in [3.8, 4) is 11.5 Å². The van der Waals surface area contributed by atoms with Crippen LogP contribution in [0.15, 0.2) is 36.8 Å². The van der Waals surface area contributed by atoms with Gasteiger partial charge in [0.2, 0.25) is 0 Å². The van der Waals surface area contributed by atoms with E-state index >= 15 is 0 Å². The van der Waals surface area contributed by atoms with Crippen LogP contribution in [0.5, 0.6) is 0 Å². The Morgan fingerprint density at radius 1 is 1.03 bits per heavy atom. The fraction of sp³-hybridized carbons (Fsp3) is 0.500. The molecule has 11 heteroatoms. The van der Waals surface area contributed by atoms with Gasteiger partial charge in [-0.05, 0) is 36.5 Å². The zero-order valence-electron chi connectivity index (χ0n) is 17.8. The van der Waals surface area contributed by atoms with Crippen molar-refractivity contribution in [3.05, 3.63) is 42.4 Å². The van der Waals surface area contributed by atoms with Crippen LogP contribution >= 0.6 is 0 Å². The number of rotatable bonds is 3. The fourth-order valence-corrected chi connectivity index (χ4v) is 7.11. The lowest BCUT2D eigenvalue weighted by atomic mass is 9.66. The first-order valence-corrected chi connectivity index (χ1v) is 12.5. The first kappa shape index (κ1) is 21.0. The highest BCUT2D eigenvalue weighted by atomic mass is 32.2. The number of anilines is 1. The normalized spacial score (nSPS) is 28.2. The van der Waals surface area contributed by atoms with Crippen LogP contribution in [0.2, 0.25) is 0 Å². The Bertz CT molecular complexity index is 1220. The fourth-order valence-electron chi connectivity index (χ4n) is 5.35. The van der Waals surface area contributed by atoms with Gasteiger partial charge >= 0.3 is 6.18 Å². The zero-order chi connectivity index (χ0) is 22.8. The summed E-state index contributed by atoms with van der Waals surface area (Å²) in [5.74, 6) is 2.86. The van der Waals surface area contributed by atoms with Gasteiger partial charge in [0.15, 0.2) is 5.82 Å². The van der Waals surface area contributed by atoms with Gasteiger partial charge in [-0.3, -0.25) is 13.5 Å². The van der Waals surface area contributed by atoms with Gasteiger partial charge in [-0.15, -0.1) is 0 Å². The number of fused-ring (bicyclic) bond motifs is 1. The summed E-state index contributed by atoms with van der Waals surface area (Å²) >= 11 is 0. The molecule has 1 spiro atoms. The maximum absolute atomic E-state index is 13.2. The summed E-state index contributed by atoms with van der Waals surface area (Å²) < 4.78 is 52.4. The van der Waals surface area contributed by atoms with Gasteiger partial charge in [-0.2, -0.15) is 13.2 Å². The molecule has 174 valence electrons. The van der Waals surface area contributed by atoms with Crippen LogP contribution in [0, 0.1) is 5.41 Å². The smallest absolute Gasteiger partial charge is 0.354 e. The predicted octanol–water partition coefficient (Wildman–Crippen LogP) is 2.84. The third-order valence-electron chi connectivity index (χ3n) is 7.13. The number of hydrogen-bond acceptors (Lipinski definition) is 6. The van der Waals surface area contributed by atoms with E-state index in [0.29, 0.717) is 28.6 Å². The quantitative estimate of drug-likeness (QED) is 0.579. The standard InChI is InChI=1S/C22H23F3N6OS/c23-22(24,25)15-1-2-18-27-11-17(31(18)12-15)20-26-4-3-19(28-20)30-7-5-29(6-8-30)16-9-21(10-16)13-33(32)14-21/h1-4,11-12,16H,5-10,13-14H2. The molecule has 2 saturated heterocycles. The van der Waals surface area contributed by atoms with Crippen molar-refractivity contribution in [1.29, 1.82) is 0 Å². The molecule has 0 bridgehead atoms. The lowest BCUT2D eigenvalue weighted by molar-refractivity contribution is -0.137. The number of imidazole rings is 1. The third kappa shape index (κ3) is 3.71. The highest BCUT2D eigenvalue weighted by Crippen LogP contribution is 2.50. The van der Waals surface area contributed by atoms with Gasteiger partial charge in [0, 0.05) is 66.9 Å². The second-order valence-corrected chi connectivity index (χ2v) is 10.8. The molecule has 1 aliphatic carbocycles. The number of aromatic nitrogens is 4. The van der Waals surface area contributed by atoms with Crippen LogP contribution in [-0.4, -0.2) is 72.2 Å². The molecular formula is C22H23F3N6OS. The molecule has 0 aromatic carbocycles. The van der Waals surface area contributed by atoms with E-state index in [1.165, 1.54) is 16.7 Å². The Balaban J connectivity index is 1.17. The Morgan fingerprint density at radius 3 is 2.48 bits per heavy atom. The second kappa shape index (κ2) is 7.49. The Hall–Kier alpha value is -2.53. The van der Waals surface area contributed by atoms with Gasteiger partial charge in [0.05, 0.1) is 11.8 Å². The van der Waals surface area contributed by atoms with E-state index in [0.717, 1.165) is 68.6 Å². The summed E-state index contributed by atoms with van der Waals surface area (Å²) in [5.41, 5.74) is 0.449. The zero-order valence-corrected chi connectivity index (χ0v) is 18.6. The van der Waals surface area contributed by atoms with Crippen LogP contribution in [0.25, 0.3) is 17.2 Å². The molecule has 0 amide bonds. The van der Waals surface area contributed by atoms with Crippen molar-refractivity contribution >= 4 is 22.3 Å². The Labute approximate surface area is 191 Å². The molecule has 3 fully saturated rings. The van der Waals surface area contributed by atoms with Crippen LogP contribution in [0.3, 0.4) is 0 Å². The van der Waals surface area contributed by atoms with E-state index in [1.54, 1.807) is 6.20 Å². The molecule has 7 nitrogen and oxygen atoms in total. The van der Waals surface area contributed by atoms with E-state index in [9.17, 15) is 17.4 Å². The van der Waals surface area contributed by atoms with E-state index in [4.69, 9.17) is 0 Å². The molecule has 3 aliphatic rings. The number of pyridine rings is 1. The summed E-state index contributed by atoms with van der Waals surface area (Å²) in [7, 11) is -0.593. The van der Waals surface area contributed by atoms with E-state index in [1.807, 2.05) is 6.07 Å². The number of alkyl halides is 3. The van der Waals surface area contributed by atoms with Crippen molar-refractivity contribution in [3.63, 3.8) is 0 Å². The Kier molecular flexibility index (Phi) is 4.77. The van der Waals surface area contributed by atoms with Gasteiger partial charge in [0.25, 0.3) is 0 Å². The highest BCUT2D eigenvalue weighted by molar-refractivity contribution is 7.86. The molecule has 5 heterocycles. The van der Waals surface area contributed by atoms with E-state index in [-0.39, 0.29) is 0 Å². The predicted molar refractivity (Wildman–Crippen MR) is 118 cm³/mol. The number of nitrogens with zero attached hydrogens (tertiary/aromatic N) is 6. The lowest BCUT2D eigenvalue weighted by Crippen LogP contribution is -2.63. The largest absolute Gasteiger partial charge is 0.417 e. The maximum Gasteiger partial charge on any atom is 0.417 e. The minimum atomic E-state index is -4.44. The van der Waals surface area contributed by atoms with Gasteiger partial charge < -0.3 is 4.90 Å². The molecule has 2 aliphatic heterocycles. The van der Waals surface area contributed by atoms with Crippen molar-refractivity contribution in [2.24, 2.45) is 5.41 Å². The second-order valence-electron chi connectivity index (χ2n) is 9.34. The SMILES string of the molecule is O=S1CC2(CC(N3CCN(c4ccnc(-c5cnc6ccc(C(F)(F)F)cn56)n4)CC3)C2)C1. The highest BCUT2D eigenvalue weighted by Gasteiger charge is 2.53. The minimum Gasteiger partial charge on any atom is -0.354 e. The van der Waals surface area contributed by atoms with Crippen LogP contribution in [0.4, 0.5) is 19.0 Å².